The third kappa shape index (κ3) is 2.71. The van der Waals surface area contributed by atoms with Crippen molar-refractivity contribution in [3.8, 4) is 0 Å². The number of hydrogen-bond acceptors (Lipinski definition) is 4. The number of fused-ring (bicyclic) bond motifs is 1. The number of rotatable bonds is 3. The largest absolute Gasteiger partial charge is 0.368 e. The van der Waals surface area contributed by atoms with E-state index in [0.717, 1.165) is 23.6 Å². The second kappa shape index (κ2) is 5.17. The van der Waals surface area contributed by atoms with Crippen LogP contribution in [0.4, 0.5) is 5.82 Å². The molecule has 1 aliphatic heterocycles. The molecular formula is C14H21N5. The topological polar surface area (TPSA) is 45.5 Å². The third-order valence-corrected chi connectivity index (χ3v) is 3.79. The summed E-state index contributed by atoms with van der Waals surface area (Å²) in [5, 5.41) is 7.90. The van der Waals surface area contributed by atoms with Crippen molar-refractivity contribution in [2.24, 2.45) is 5.92 Å². The van der Waals surface area contributed by atoms with Crippen LogP contribution in [0.2, 0.25) is 0 Å². The van der Waals surface area contributed by atoms with E-state index in [2.05, 4.69) is 33.4 Å². The summed E-state index contributed by atoms with van der Waals surface area (Å²) < 4.78 is 1.89. The minimum atomic E-state index is 0.713. The summed E-state index contributed by atoms with van der Waals surface area (Å²) in [5.41, 5.74) is 2.08. The molecule has 19 heavy (non-hydrogen) atoms. The van der Waals surface area contributed by atoms with Gasteiger partial charge in [0.05, 0.1) is 5.69 Å². The molecular weight excluding hydrogens is 238 g/mol. The molecule has 3 heterocycles. The number of aromatic nitrogens is 3. The maximum Gasteiger partial charge on any atom is 0.152 e. The first-order valence-electron chi connectivity index (χ1n) is 6.96. The van der Waals surface area contributed by atoms with Gasteiger partial charge in [-0.05, 0) is 45.3 Å². The molecule has 3 rings (SSSR count). The van der Waals surface area contributed by atoms with Gasteiger partial charge in [0.2, 0.25) is 0 Å². The average molecular weight is 259 g/mol. The quantitative estimate of drug-likeness (QED) is 0.913. The number of hydrogen-bond donors (Lipinski definition) is 1. The Balaban J connectivity index is 1.71. The van der Waals surface area contributed by atoms with Crippen molar-refractivity contribution in [2.75, 3.05) is 32.0 Å². The molecule has 0 amide bonds. The Morgan fingerprint density at radius 1 is 1.47 bits per heavy atom. The van der Waals surface area contributed by atoms with E-state index in [1.807, 2.05) is 17.6 Å². The molecule has 1 fully saturated rings. The van der Waals surface area contributed by atoms with Gasteiger partial charge in [-0.1, -0.05) is 0 Å². The first kappa shape index (κ1) is 12.4. The van der Waals surface area contributed by atoms with E-state index in [9.17, 15) is 0 Å². The third-order valence-electron chi connectivity index (χ3n) is 3.79. The fourth-order valence-electron chi connectivity index (χ4n) is 2.86. The molecule has 1 atom stereocenters. The number of piperidine rings is 1. The molecule has 0 saturated carbocycles. The minimum absolute atomic E-state index is 0.713. The van der Waals surface area contributed by atoms with Crippen LogP contribution in [0.15, 0.2) is 18.5 Å². The van der Waals surface area contributed by atoms with E-state index in [1.54, 1.807) is 6.20 Å². The Hall–Kier alpha value is -1.62. The van der Waals surface area contributed by atoms with Gasteiger partial charge in [0, 0.05) is 25.5 Å². The Bertz CT molecular complexity index is 562. The highest BCUT2D eigenvalue weighted by Gasteiger charge is 2.17. The highest BCUT2D eigenvalue weighted by atomic mass is 15.2. The lowest BCUT2D eigenvalue weighted by Gasteiger charge is -2.29. The van der Waals surface area contributed by atoms with Gasteiger partial charge in [0.1, 0.15) is 5.52 Å². The normalized spacial score (nSPS) is 20.8. The van der Waals surface area contributed by atoms with Gasteiger partial charge in [-0.25, -0.2) is 9.50 Å². The molecule has 0 spiro atoms. The molecule has 0 aliphatic carbocycles. The predicted octanol–water partition coefficient (Wildman–Crippen LogP) is 1.79. The molecule has 2 aromatic rings. The van der Waals surface area contributed by atoms with Crippen molar-refractivity contribution < 1.29 is 0 Å². The molecule has 102 valence electrons. The van der Waals surface area contributed by atoms with Crippen LogP contribution in [-0.4, -0.2) is 46.2 Å². The van der Waals surface area contributed by atoms with Crippen LogP contribution in [-0.2, 0) is 0 Å². The van der Waals surface area contributed by atoms with Gasteiger partial charge >= 0.3 is 0 Å². The van der Waals surface area contributed by atoms with E-state index in [0.29, 0.717) is 5.92 Å². The monoisotopic (exact) mass is 259 g/mol. The summed E-state index contributed by atoms with van der Waals surface area (Å²) in [7, 11) is 2.20. The van der Waals surface area contributed by atoms with Crippen molar-refractivity contribution in [3.05, 3.63) is 24.2 Å². The molecule has 0 aromatic carbocycles. The fourth-order valence-corrected chi connectivity index (χ4v) is 2.86. The maximum atomic E-state index is 4.44. The Labute approximate surface area is 113 Å². The zero-order valence-electron chi connectivity index (χ0n) is 11.6. The van der Waals surface area contributed by atoms with Crippen LogP contribution in [0.3, 0.4) is 0 Å². The van der Waals surface area contributed by atoms with Gasteiger partial charge in [-0.3, -0.25) is 0 Å². The van der Waals surface area contributed by atoms with Crippen LogP contribution in [0.5, 0.6) is 0 Å². The maximum absolute atomic E-state index is 4.44. The van der Waals surface area contributed by atoms with Gasteiger partial charge in [0.15, 0.2) is 5.82 Å². The van der Waals surface area contributed by atoms with Crippen molar-refractivity contribution in [1.82, 2.24) is 19.5 Å². The van der Waals surface area contributed by atoms with E-state index < -0.39 is 0 Å². The first-order chi connectivity index (χ1) is 9.22. The van der Waals surface area contributed by atoms with Crippen LogP contribution in [0.1, 0.15) is 18.5 Å². The second-order valence-electron chi connectivity index (χ2n) is 5.54. The van der Waals surface area contributed by atoms with Crippen LogP contribution in [0, 0.1) is 12.8 Å². The predicted molar refractivity (Wildman–Crippen MR) is 76.4 cm³/mol. The summed E-state index contributed by atoms with van der Waals surface area (Å²) in [6, 6.07) is 2.07. The molecule has 5 nitrogen and oxygen atoms in total. The van der Waals surface area contributed by atoms with E-state index in [4.69, 9.17) is 0 Å². The van der Waals surface area contributed by atoms with Crippen molar-refractivity contribution >= 4 is 11.3 Å². The second-order valence-corrected chi connectivity index (χ2v) is 5.54. The zero-order valence-corrected chi connectivity index (χ0v) is 11.6. The number of nitrogens with zero attached hydrogens (tertiary/aromatic N) is 4. The highest BCUT2D eigenvalue weighted by Crippen LogP contribution is 2.18. The van der Waals surface area contributed by atoms with Gasteiger partial charge in [-0.2, -0.15) is 5.10 Å². The van der Waals surface area contributed by atoms with Crippen LogP contribution < -0.4 is 5.32 Å². The molecule has 1 aliphatic rings. The van der Waals surface area contributed by atoms with Crippen molar-refractivity contribution in [1.29, 1.82) is 0 Å². The van der Waals surface area contributed by atoms with E-state index in [1.165, 1.54) is 25.9 Å². The fraction of sp³-hybridized carbons (Fsp3) is 0.571. The standard InChI is InChI=1S/C14H21N5/c1-11-8-13-14(15-5-7-19(13)17-11)16-9-12-4-3-6-18(2)10-12/h5,7-8,12H,3-4,6,9-10H2,1-2H3,(H,15,16). The number of anilines is 1. The number of likely N-dealkylation sites (tertiary alicyclic amines) is 1. The molecule has 2 aromatic heterocycles. The molecule has 5 heteroatoms. The van der Waals surface area contributed by atoms with E-state index in [-0.39, 0.29) is 0 Å². The van der Waals surface area contributed by atoms with Crippen LogP contribution in [0.25, 0.3) is 5.52 Å². The zero-order chi connectivity index (χ0) is 13.2. The molecule has 1 saturated heterocycles. The average Bonchev–Trinajstić information content (AvgIpc) is 2.77. The SMILES string of the molecule is Cc1cc2c(NCC3CCCN(C)C3)nccn2n1. The summed E-state index contributed by atoms with van der Waals surface area (Å²) >= 11 is 0. The smallest absolute Gasteiger partial charge is 0.152 e. The first-order valence-corrected chi connectivity index (χ1v) is 6.96. The Morgan fingerprint density at radius 2 is 2.37 bits per heavy atom. The van der Waals surface area contributed by atoms with Gasteiger partial charge in [0.25, 0.3) is 0 Å². The minimum Gasteiger partial charge on any atom is -0.368 e. The van der Waals surface area contributed by atoms with Crippen LogP contribution >= 0.6 is 0 Å². The molecule has 1 N–H and O–H groups in total. The van der Waals surface area contributed by atoms with E-state index >= 15 is 0 Å². The molecule has 0 radical (unpaired) electrons. The number of nitrogens with one attached hydrogen (secondary N) is 1. The summed E-state index contributed by atoms with van der Waals surface area (Å²) in [6.07, 6.45) is 6.29. The molecule has 1 unspecified atom stereocenters. The Morgan fingerprint density at radius 3 is 3.21 bits per heavy atom. The van der Waals surface area contributed by atoms with Crippen molar-refractivity contribution in [3.63, 3.8) is 0 Å². The number of aryl methyl sites for hydroxylation is 1. The lowest BCUT2D eigenvalue weighted by atomic mass is 9.98. The van der Waals surface area contributed by atoms with Crippen molar-refractivity contribution in [2.45, 2.75) is 19.8 Å². The summed E-state index contributed by atoms with van der Waals surface area (Å²) in [4.78, 5) is 6.85. The van der Waals surface area contributed by atoms with Gasteiger partial charge in [-0.15, -0.1) is 0 Å². The highest BCUT2D eigenvalue weighted by molar-refractivity contribution is 5.67. The summed E-state index contributed by atoms with van der Waals surface area (Å²) in [5.74, 6) is 1.65. The summed E-state index contributed by atoms with van der Waals surface area (Å²) in [6.45, 7) is 5.40. The lowest BCUT2D eigenvalue weighted by Crippen LogP contribution is -2.35. The Kier molecular flexibility index (Phi) is 3.38. The van der Waals surface area contributed by atoms with Gasteiger partial charge < -0.3 is 10.2 Å². The lowest BCUT2D eigenvalue weighted by molar-refractivity contribution is 0.217. The molecule has 0 bridgehead atoms.